The zero-order valence-corrected chi connectivity index (χ0v) is 15.5. The Morgan fingerprint density at radius 1 is 0.885 bits per heavy atom. The normalized spacial score (nSPS) is 15.0. The predicted octanol–water partition coefficient (Wildman–Crippen LogP) is 5.28. The average Bonchev–Trinajstić information content (AvgIpc) is 2.96. The molecule has 0 atom stereocenters. The minimum Gasteiger partial charge on any atom is -0.356 e. The van der Waals surface area contributed by atoms with E-state index in [9.17, 15) is 0 Å². The maximum atomic E-state index is 5.96. The number of hydrogen-bond donors (Lipinski definition) is 1. The number of aromatic nitrogens is 2. The summed E-state index contributed by atoms with van der Waals surface area (Å²) in [5.74, 6) is 1.73. The fourth-order valence-electron chi connectivity index (χ4n) is 3.45. The topological polar surface area (TPSA) is 41.1 Å². The third-order valence-corrected chi connectivity index (χ3v) is 5.10. The van der Waals surface area contributed by atoms with Gasteiger partial charge >= 0.3 is 0 Å². The lowest BCUT2D eigenvalue weighted by molar-refractivity contribution is 0.726. The molecule has 26 heavy (non-hydrogen) atoms. The lowest BCUT2D eigenvalue weighted by Crippen LogP contribution is -2.25. The Balaban J connectivity index is 1.63. The zero-order valence-electron chi connectivity index (χ0n) is 14.8. The van der Waals surface area contributed by atoms with Crippen molar-refractivity contribution in [1.82, 2.24) is 9.97 Å². The zero-order chi connectivity index (χ0) is 17.8. The molecular weight excluding hydrogens is 344 g/mol. The van der Waals surface area contributed by atoms with Gasteiger partial charge in [-0.05, 0) is 42.7 Å². The number of fused-ring (bicyclic) bond motifs is 1. The Hall–Kier alpha value is -2.33. The third-order valence-electron chi connectivity index (χ3n) is 4.85. The molecule has 0 spiro atoms. The number of anilines is 2. The van der Waals surface area contributed by atoms with Crippen LogP contribution in [0.5, 0.6) is 0 Å². The van der Waals surface area contributed by atoms with Crippen molar-refractivity contribution in [2.24, 2.45) is 0 Å². The van der Waals surface area contributed by atoms with Crippen molar-refractivity contribution in [3.8, 4) is 0 Å². The van der Waals surface area contributed by atoms with E-state index < -0.39 is 0 Å². The van der Waals surface area contributed by atoms with Gasteiger partial charge in [0.25, 0.3) is 0 Å². The van der Waals surface area contributed by atoms with Crippen LogP contribution < -0.4 is 10.2 Å². The van der Waals surface area contributed by atoms with Crippen molar-refractivity contribution in [2.75, 3.05) is 23.3 Å². The molecule has 3 aromatic rings. The van der Waals surface area contributed by atoms with E-state index in [0.29, 0.717) is 12.5 Å². The quantitative estimate of drug-likeness (QED) is 0.682. The predicted molar refractivity (Wildman–Crippen MR) is 109 cm³/mol. The minimum atomic E-state index is 0.676. The second kappa shape index (κ2) is 7.92. The number of halogens is 1. The molecule has 1 saturated heterocycles. The lowest BCUT2D eigenvalue weighted by atomic mass is 10.2. The first-order chi connectivity index (χ1) is 12.8. The molecular formula is C21H23ClN4. The molecule has 134 valence electrons. The number of para-hydroxylation sites is 1. The Labute approximate surface area is 159 Å². The molecule has 1 aliphatic heterocycles. The van der Waals surface area contributed by atoms with Crippen LogP contribution in [-0.4, -0.2) is 23.1 Å². The van der Waals surface area contributed by atoms with Crippen molar-refractivity contribution in [3.63, 3.8) is 0 Å². The van der Waals surface area contributed by atoms with Crippen LogP contribution in [0.15, 0.2) is 48.5 Å². The summed E-state index contributed by atoms with van der Waals surface area (Å²) in [7, 11) is 0. The number of benzene rings is 2. The van der Waals surface area contributed by atoms with Crippen LogP contribution in [0.2, 0.25) is 5.02 Å². The Bertz CT molecular complexity index is 871. The summed E-state index contributed by atoms with van der Waals surface area (Å²) in [4.78, 5) is 12.0. The van der Waals surface area contributed by atoms with Crippen molar-refractivity contribution in [3.05, 3.63) is 59.1 Å². The molecule has 1 fully saturated rings. The second-order valence-electron chi connectivity index (χ2n) is 6.77. The molecule has 4 nitrogen and oxygen atoms in total. The SMILES string of the molecule is Clc1ccc(CNc2nc(N3CCCCCC3)c3ccccc3n2)cc1. The van der Waals surface area contributed by atoms with Gasteiger partial charge in [-0.3, -0.25) is 0 Å². The highest BCUT2D eigenvalue weighted by molar-refractivity contribution is 6.30. The van der Waals surface area contributed by atoms with E-state index in [-0.39, 0.29) is 0 Å². The maximum absolute atomic E-state index is 5.96. The van der Waals surface area contributed by atoms with Gasteiger partial charge in [-0.2, -0.15) is 4.98 Å². The van der Waals surface area contributed by atoms with Crippen LogP contribution in [-0.2, 0) is 6.54 Å². The van der Waals surface area contributed by atoms with E-state index in [1.807, 2.05) is 30.3 Å². The first-order valence-corrected chi connectivity index (χ1v) is 9.67. The maximum Gasteiger partial charge on any atom is 0.225 e. The molecule has 1 aliphatic rings. The standard InChI is InChI=1S/C21H23ClN4/c22-17-11-9-16(10-12-17)15-23-21-24-19-8-4-3-7-18(19)20(25-21)26-13-5-1-2-6-14-26/h3-4,7-12H,1-2,5-6,13-15H2,(H,23,24,25). The van der Waals surface area contributed by atoms with Crippen LogP contribution in [0.4, 0.5) is 11.8 Å². The first kappa shape index (κ1) is 17.1. The van der Waals surface area contributed by atoms with Crippen LogP contribution in [0, 0.1) is 0 Å². The molecule has 0 saturated carbocycles. The second-order valence-corrected chi connectivity index (χ2v) is 7.21. The van der Waals surface area contributed by atoms with Gasteiger partial charge in [-0.1, -0.05) is 48.7 Å². The largest absolute Gasteiger partial charge is 0.356 e. The monoisotopic (exact) mass is 366 g/mol. The molecule has 0 amide bonds. The molecule has 4 rings (SSSR count). The highest BCUT2D eigenvalue weighted by atomic mass is 35.5. The highest BCUT2D eigenvalue weighted by Crippen LogP contribution is 2.27. The van der Waals surface area contributed by atoms with Crippen molar-refractivity contribution < 1.29 is 0 Å². The van der Waals surface area contributed by atoms with Crippen molar-refractivity contribution in [1.29, 1.82) is 0 Å². The van der Waals surface area contributed by atoms with Crippen LogP contribution in [0.25, 0.3) is 10.9 Å². The molecule has 2 aromatic carbocycles. The summed E-state index contributed by atoms with van der Waals surface area (Å²) in [6.45, 7) is 2.81. The van der Waals surface area contributed by atoms with E-state index >= 15 is 0 Å². The summed E-state index contributed by atoms with van der Waals surface area (Å²) in [6.07, 6.45) is 5.07. The molecule has 2 heterocycles. The van der Waals surface area contributed by atoms with E-state index in [0.717, 1.165) is 40.4 Å². The summed E-state index contributed by atoms with van der Waals surface area (Å²) >= 11 is 5.96. The molecule has 0 aliphatic carbocycles. The highest BCUT2D eigenvalue weighted by Gasteiger charge is 2.16. The van der Waals surface area contributed by atoms with E-state index in [4.69, 9.17) is 21.6 Å². The van der Waals surface area contributed by atoms with Gasteiger partial charge in [-0.25, -0.2) is 4.98 Å². The van der Waals surface area contributed by atoms with Crippen molar-refractivity contribution >= 4 is 34.3 Å². The van der Waals surface area contributed by atoms with Gasteiger partial charge in [-0.15, -0.1) is 0 Å². The summed E-state index contributed by atoms with van der Waals surface area (Å²) in [6, 6.07) is 16.1. The van der Waals surface area contributed by atoms with E-state index in [1.165, 1.54) is 25.7 Å². The van der Waals surface area contributed by atoms with Gasteiger partial charge in [0.05, 0.1) is 5.52 Å². The third kappa shape index (κ3) is 3.91. The van der Waals surface area contributed by atoms with Gasteiger partial charge < -0.3 is 10.2 Å². The molecule has 0 radical (unpaired) electrons. The average molecular weight is 367 g/mol. The minimum absolute atomic E-state index is 0.676. The molecule has 0 bridgehead atoms. The number of rotatable bonds is 4. The summed E-state index contributed by atoms with van der Waals surface area (Å²) < 4.78 is 0. The smallest absolute Gasteiger partial charge is 0.225 e. The molecule has 1 N–H and O–H groups in total. The van der Waals surface area contributed by atoms with Gasteiger partial charge in [0.15, 0.2) is 0 Å². The Morgan fingerprint density at radius 3 is 2.38 bits per heavy atom. The van der Waals surface area contributed by atoms with Gasteiger partial charge in [0.2, 0.25) is 5.95 Å². The lowest BCUT2D eigenvalue weighted by Gasteiger charge is -2.23. The molecule has 1 aromatic heterocycles. The fourth-order valence-corrected chi connectivity index (χ4v) is 3.57. The van der Waals surface area contributed by atoms with Crippen LogP contribution >= 0.6 is 11.6 Å². The van der Waals surface area contributed by atoms with Gasteiger partial charge in [0.1, 0.15) is 5.82 Å². The van der Waals surface area contributed by atoms with Crippen LogP contribution in [0.1, 0.15) is 31.2 Å². The summed E-state index contributed by atoms with van der Waals surface area (Å²) in [5.41, 5.74) is 2.14. The summed E-state index contributed by atoms with van der Waals surface area (Å²) in [5, 5.41) is 5.26. The number of nitrogens with one attached hydrogen (secondary N) is 1. The Kier molecular flexibility index (Phi) is 5.21. The van der Waals surface area contributed by atoms with Crippen LogP contribution in [0.3, 0.4) is 0 Å². The number of hydrogen-bond acceptors (Lipinski definition) is 4. The van der Waals surface area contributed by atoms with Crippen molar-refractivity contribution in [2.45, 2.75) is 32.2 Å². The van der Waals surface area contributed by atoms with Gasteiger partial charge in [0, 0.05) is 30.0 Å². The molecule has 0 unspecified atom stereocenters. The van der Waals surface area contributed by atoms with E-state index in [1.54, 1.807) is 0 Å². The Morgan fingerprint density at radius 2 is 1.62 bits per heavy atom. The van der Waals surface area contributed by atoms with E-state index in [2.05, 4.69) is 28.4 Å². The molecule has 5 heteroatoms. The first-order valence-electron chi connectivity index (χ1n) is 9.30. The fraction of sp³-hybridized carbons (Fsp3) is 0.333. The number of nitrogens with zero attached hydrogens (tertiary/aromatic N) is 3.